The van der Waals surface area contributed by atoms with Crippen LogP contribution in [-0.2, 0) is 9.53 Å². The molecular weight excluding hydrogens is 176 g/mol. The number of rotatable bonds is 4. The predicted octanol–water partition coefficient (Wildman–Crippen LogP) is 2.81. The molecule has 0 spiro atoms. The van der Waals surface area contributed by atoms with Crippen molar-refractivity contribution in [3.63, 3.8) is 0 Å². The van der Waals surface area contributed by atoms with Crippen LogP contribution in [0, 0.1) is 11.8 Å². The minimum atomic E-state index is 0.274. The van der Waals surface area contributed by atoms with Crippen LogP contribution in [0.25, 0.3) is 0 Å². The second-order valence-electron chi connectivity index (χ2n) is 4.59. The second-order valence-corrected chi connectivity index (χ2v) is 4.59. The first kappa shape index (κ1) is 11.7. The Morgan fingerprint density at radius 2 is 2.21 bits per heavy atom. The van der Waals surface area contributed by atoms with Crippen LogP contribution in [0.4, 0.5) is 0 Å². The van der Waals surface area contributed by atoms with Crippen LogP contribution in [0.3, 0.4) is 0 Å². The molecule has 0 bridgehead atoms. The van der Waals surface area contributed by atoms with E-state index in [4.69, 9.17) is 4.74 Å². The summed E-state index contributed by atoms with van der Waals surface area (Å²) in [4.78, 5) is 11.7. The number of ether oxygens (including phenoxy) is 1. The van der Waals surface area contributed by atoms with Gasteiger partial charge in [0.1, 0.15) is 5.78 Å². The molecule has 0 radical (unpaired) electrons. The summed E-state index contributed by atoms with van der Waals surface area (Å²) >= 11 is 0. The molecule has 1 aliphatic heterocycles. The van der Waals surface area contributed by atoms with Gasteiger partial charge in [-0.2, -0.15) is 0 Å². The Morgan fingerprint density at radius 3 is 2.79 bits per heavy atom. The molecule has 1 aliphatic rings. The number of hydrogen-bond donors (Lipinski definition) is 0. The molecule has 0 aliphatic carbocycles. The number of carbonyl (C=O) groups excluding carboxylic acids is 1. The van der Waals surface area contributed by atoms with E-state index in [-0.39, 0.29) is 5.92 Å². The van der Waals surface area contributed by atoms with Gasteiger partial charge >= 0.3 is 0 Å². The fourth-order valence-electron chi connectivity index (χ4n) is 2.04. The molecule has 0 saturated carbocycles. The molecule has 14 heavy (non-hydrogen) atoms. The van der Waals surface area contributed by atoms with Crippen LogP contribution in [0.5, 0.6) is 0 Å². The summed E-state index contributed by atoms with van der Waals surface area (Å²) < 4.78 is 5.65. The van der Waals surface area contributed by atoms with Crippen LogP contribution in [0.1, 0.15) is 46.5 Å². The normalized spacial score (nSPS) is 28.0. The molecule has 0 N–H and O–H groups in total. The number of hydrogen-bond acceptors (Lipinski definition) is 2. The number of Topliss-reactive ketones (excluding diaryl/α,β-unsaturated/α-hetero) is 1. The minimum Gasteiger partial charge on any atom is -0.378 e. The van der Waals surface area contributed by atoms with Gasteiger partial charge in [-0.05, 0) is 25.2 Å². The third kappa shape index (κ3) is 3.09. The first-order valence-corrected chi connectivity index (χ1v) is 5.79. The van der Waals surface area contributed by atoms with Crippen molar-refractivity contribution in [1.82, 2.24) is 0 Å². The van der Waals surface area contributed by atoms with E-state index < -0.39 is 0 Å². The van der Waals surface area contributed by atoms with Gasteiger partial charge in [0.05, 0.1) is 6.10 Å². The van der Waals surface area contributed by atoms with Gasteiger partial charge in [0, 0.05) is 18.9 Å². The Hall–Kier alpha value is -0.370. The Balaban J connectivity index is 2.43. The minimum absolute atomic E-state index is 0.274. The monoisotopic (exact) mass is 198 g/mol. The predicted molar refractivity (Wildman–Crippen MR) is 57.2 cm³/mol. The Labute approximate surface area is 87.0 Å². The van der Waals surface area contributed by atoms with Crippen molar-refractivity contribution in [3.05, 3.63) is 0 Å². The fourth-order valence-corrected chi connectivity index (χ4v) is 2.04. The quantitative estimate of drug-likeness (QED) is 0.694. The van der Waals surface area contributed by atoms with Gasteiger partial charge in [0.2, 0.25) is 0 Å². The Morgan fingerprint density at radius 1 is 1.50 bits per heavy atom. The highest BCUT2D eigenvalue weighted by molar-refractivity contribution is 5.81. The van der Waals surface area contributed by atoms with Gasteiger partial charge in [-0.15, -0.1) is 0 Å². The molecular formula is C12H22O2. The largest absolute Gasteiger partial charge is 0.378 e. The van der Waals surface area contributed by atoms with E-state index in [0.717, 1.165) is 32.3 Å². The summed E-state index contributed by atoms with van der Waals surface area (Å²) in [6, 6.07) is 0. The zero-order valence-electron chi connectivity index (χ0n) is 9.58. The first-order valence-electron chi connectivity index (χ1n) is 5.79. The van der Waals surface area contributed by atoms with Crippen LogP contribution < -0.4 is 0 Å². The Kier molecular flexibility index (Phi) is 4.59. The van der Waals surface area contributed by atoms with Crippen molar-refractivity contribution in [1.29, 1.82) is 0 Å². The molecule has 2 unspecified atom stereocenters. The lowest BCUT2D eigenvalue weighted by molar-refractivity contribution is -0.129. The van der Waals surface area contributed by atoms with Gasteiger partial charge in [0.15, 0.2) is 0 Å². The highest BCUT2D eigenvalue weighted by Gasteiger charge is 2.28. The summed E-state index contributed by atoms with van der Waals surface area (Å²) in [6.07, 6.45) is 3.89. The maximum absolute atomic E-state index is 11.7. The van der Waals surface area contributed by atoms with Crippen LogP contribution >= 0.6 is 0 Å². The van der Waals surface area contributed by atoms with E-state index in [0.29, 0.717) is 17.8 Å². The van der Waals surface area contributed by atoms with E-state index >= 15 is 0 Å². The van der Waals surface area contributed by atoms with Crippen molar-refractivity contribution in [3.8, 4) is 0 Å². The molecule has 1 fully saturated rings. The van der Waals surface area contributed by atoms with E-state index in [1.54, 1.807) is 0 Å². The van der Waals surface area contributed by atoms with Gasteiger partial charge in [-0.1, -0.05) is 20.8 Å². The highest BCUT2D eigenvalue weighted by Crippen LogP contribution is 2.26. The van der Waals surface area contributed by atoms with Gasteiger partial charge in [-0.25, -0.2) is 0 Å². The molecule has 2 nitrogen and oxygen atoms in total. The first-order chi connectivity index (χ1) is 6.65. The molecule has 0 aromatic heterocycles. The fraction of sp³-hybridized carbons (Fsp3) is 0.917. The molecule has 0 aromatic carbocycles. The molecule has 0 amide bonds. The van der Waals surface area contributed by atoms with E-state index in [1.165, 1.54) is 0 Å². The summed E-state index contributed by atoms with van der Waals surface area (Å²) in [5, 5.41) is 0. The van der Waals surface area contributed by atoms with Crippen molar-refractivity contribution in [2.45, 2.75) is 52.6 Å². The number of ketones is 1. The molecule has 82 valence electrons. The molecule has 2 atom stereocenters. The zero-order chi connectivity index (χ0) is 10.6. The topological polar surface area (TPSA) is 26.3 Å². The molecule has 1 heterocycles. The summed E-state index contributed by atoms with van der Waals surface area (Å²) in [5.41, 5.74) is 0. The van der Waals surface area contributed by atoms with E-state index in [2.05, 4.69) is 20.8 Å². The lowest BCUT2D eigenvalue weighted by Gasteiger charge is -2.31. The molecule has 1 rings (SSSR count). The lowest BCUT2D eigenvalue weighted by Crippen LogP contribution is -2.33. The van der Waals surface area contributed by atoms with Gasteiger partial charge in [-0.3, -0.25) is 4.79 Å². The average molecular weight is 198 g/mol. The van der Waals surface area contributed by atoms with E-state index in [9.17, 15) is 4.79 Å². The van der Waals surface area contributed by atoms with Crippen molar-refractivity contribution in [2.24, 2.45) is 11.8 Å². The smallest absolute Gasteiger partial charge is 0.136 e. The molecule has 1 saturated heterocycles. The summed E-state index contributed by atoms with van der Waals surface area (Å²) in [7, 11) is 0. The van der Waals surface area contributed by atoms with Crippen LogP contribution in [-0.4, -0.2) is 18.5 Å². The molecule has 2 heteroatoms. The average Bonchev–Trinajstić information content (AvgIpc) is 2.18. The zero-order valence-corrected chi connectivity index (χ0v) is 9.58. The third-order valence-corrected chi connectivity index (χ3v) is 3.01. The van der Waals surface area contributed by atoms with Crippen molar-refractivity contribution in [2.75, 3.05) is 6.61 Å². The SMILES string of the molecule is CCCC(=O)C1CCOC(C(C)C)C1. The lowest BCUT2D eigenvalue weighted by atomic mass is 9.86. The number of carbonyl (C=O) groups is 1. The van der Waals surface area contributed by atoms with Gasteiger partial charge in [0.25, 0.3) is 0 Å². The summed E-state index contributed by atoms with van der Waals surface area (Å²) in [5.74, 6) is 1.25. The Bertz CT molecular complexity index is 187. The maximum atomic E-state index is 11.7. The van der Waals surface area contributed by atoms with Crippen LogP contribution in [0.2, 0.25) is 0 Å². The van der Waals surface area contributed by atoms with E-state index in [1.807, 2.05) is 0 Å². The van der Waals surface area contributed by atoms with Crippen molar-refractivity contribution < 1.29 is 9.53 Å². The highest BCUT2D eigenvalue weighted by atomic mass is 16.5. The molecule has 0 aromatic rings. The van der Waals surface area contributed by atoms with Crippen molar-refractivity contribution >= 4 is 5.78 Å². The maximum Gasteiger partial charge on any atom is 0.136 e. The summed E-state index contributed by atoms with van der Waals surface area (Å²) in [6.45, 7) is 7.16. The third-order valence-electron chi connectivity index (χ3n) is 3.01. The van der Waals surface area contributed by atoms with Gasteiger partial charge < -0.3 is 4.74 Å². The second kappa shape index (κ2) is 5.50. The standard InChI is InChI=1S/C12H22O2/c1-4-5-11(13)10-6-7-14-12(8-10)9(2)3/h9-10,12H,4-8H2,1-3H3. The van der Waals surface area contributed by atoms with Crippen LogP contribution in [0.15, 0.2) is 0 Å².